The lowest BCUT2D eigenvalue weighted by Crippen LogP contribution is -2.23. The van der Waals surface area contributed by atoms with Crippen LogP contribution in [0.3, 0.4) is 0 Å². The lowest BCUT2D eigenvalue weighted by molar-refractivity contribution is 0.0950. The average molecular weight is 348 g/mol. The molecule has 1 heterocycles. The number of fused-ring (bicyclic) bond motifs is 1. The first-order valence-corrected chi connectivity index (χ1v) is 9.05. The van der Waals surface area contributed by atoms with E-state index in [9.17, 15) is 13.2 Å². The Morgan fingerprint density at radius 2 is 1.88 bits per heavy atom. The first-order chi connectivity index (χ1) is 11.4. The van der Waals surface area contributed by atoms with Gasteiger partial charge in [0, 0.05) is 12.1 Å². The summed E-state index contributed by atoms with van der Waals surface area (Å²) in [5, 5.41) is 2.76. The number of rotatable bonds is 5. The largest absolute Gasteiger partial charge is 0.454 e. The zero-order valence-corrected chi connectivity index (χ0v) is 13.7. The van der Waals surface area contributed by atoms with Crippen molar-refractivity contribution < 1.29 is 22.7 Å². The molecule has 1 aliphatic heterocycles. The third kappa shape index (κ3) is 3.77. The summed E-state index contributed by atoms with van der Waals surface area (Å²) < 4.78 is 35.7. The summed E-state index contributed by atoms with van der Waals surface area (Å²) in [6, 6.07) is 11.8. The topological polar surface area (TPSA) is 93.7 Å². The van der Waals surface area contributed by atoms with E-state index in [1.807, 2.05) is 0 Å². The molecule has 0 fully saturated rings. The zero-order valence-electron chi connectivity index (χ0n) is 12.9. The van der Waals surface area contributed by atoms with Crippen molar-refractivity contribution in [2.75, 3.05) is 17.8 Å². The number of carbonyl (C=O) groups is 1. The molecule has 2 aromatic carbocycles. The summed E-state index contributed by atoms with van der Waals surface area (Å²) in [7, 11) is -3.39. The molecule has 0 saturated heterocycles. The van der Waals surface area contributed by atoms with Crippen LogP contribution in [0.4, 0.5) is 5.69 Å². The molecule has 3 rings (SSSR count). The molecule has 2 aromatic rings. The Kier molecular flexibility index (Phi) is 4.30. The molecule has 0 aliphatic carbocycles. The van der Waals surface area contributed by atoms with Crippen LogP contribution in [0.5, 0.6) is 11.5 Å². The number of benzene rings is 2. The highest BCUT2D eigenvalue weighted by Gasteiger charge is 2.16. The molecule has 1 amide bonds. The Hall–Kier alpha value is -2.74. The molecule has 1 aliphatic rings. The number of para-hydroxylation sites is 1. The number of amides is 1. The van der Waals surface area contributed by atoms with Crippen molar-refractivity contribution in [3.63, 3.8) is 0 Å². The molecule has 7 nitrogen and oxygen atoms in total. The Labute approximate surface area is 139 Å². The lowest BCUT2D eigenvalue weighted by Gasteiger charge is -2.11. The van der Waals surface area contributed by atoms with E-state index in [4.69, 9.17) is 9.47 Å². The lowest BCUT2D eigenvalue weighted by atomic mass is 10.1. The molecule has 8 heteroatoms. The molecule has 0 aromatic heterocycles. The van der Waals surface area contributed by atoms with Gasteiger partial charge in [-0.2, -0.15) is 0 Å². The number of hydrogen-bond donors (Lipinski definition) is 2. The normalized spacial score (nSPS) is 12.7. The molecule has 0 unspecified atom stereocenters. The van der Waals surface area contributed by atoms with Crippen molar-refractivity contribution >= 4 is 21.6 Å². The summed E-state index contributed by atoms with van der Waals surface area (Å²) in [6.45, 7) is 0.330. The van der Waals surface area contributed by atoms with Gasteiger partial charge in [-0.1, -0.05) is 18.2 Å². The highest BCUT2D eigenvalue weighted by Crippen LogP contribution is 2.32. The number of nitrogens with one attached hydrogen (secondary N) is 2. The Morgan fingerprint density at radius 3 is 2.67 bits per heavy atom. The van der Waals surface area contributed by atoms with Crippen molar-refractivity contribution in [3.8, 4) is 11.5 Å². The van der Waals surface area contributed by atoms with Gasteiger partial charge >= 0.3 is 0 Å². The molecular weight excluding hydrogens is 332 g/mol. The predicted molar refractivity (Wildman–Crippen MR) is 88.6 cm³/mol. The van der Waals surface area contributed by atoms with Crippen molar-refractivity contribution in [2.24, 2.45) is 0 Å². The van der Waals surface area contributed by atoms with Crippen LogP contribution < -0.4 is 19.5 Å². The van der Waals surface area contributed by atoms with Gasteiger partial charge in [0.2, 0.25) is 16.8 Å². The Bertz CT molecular complexity index is 880. The van der Waals surface area contributed by atoms with E-state index in [0.717, 1.165) is 6.26 Å². The number of hydrogen-bond acceptors (Lipinski definition) is 5. The minimum atomic E-state index is -3.39. The summed E-state index contributed by atoms with van der Waals surface area (Å²) in [5.74, 6) is 0.846. The van der Waals surface area contributed by atoms with Crippen LogP contribution in [0.1, 0.15) is 15.9 Å². The number of anilines is 1. The predicted octanol–water partition coefficient (Wildman–Crippen LogP) is 1.72. The zero-order chi connectivity index (χ0) is 17.2. The van der Waals surface area contributed by atoms with Gasteiger partial charge in [0.1, 0.15) is 0 Å². The van der Waals surface area contributed by atoms with E-state index in [2.05, 4.69) is 10.0 Å². The fourth-order valence-electron chi connectivity index (χ4n) is 2.29. The first kappa shape index (κ1) is 16.1. The molecule has 2 N–H and O–H groups in total. The van der Waals surface area contributed by atoms with Crippen molar-refractivity contribution in [1.82, 2.24) is 5.32 Å². The third-order valence-corrected chi connectivity index (χ3v) is 3.98. The summed E-state index contributed by atoms with van der Waals surface area (Å²) >= 11 is 0. The summed E-state index contributed by atoms with van der Waals surface area (Å²) in [5.41, 5.74) is 1.54. The van der Waals surface area contributed by atoms with Crippen molar-refractivity contribution in [3.05, 3.63) is 53.6 Å². The monoisotopic (exact) mass is 348 g/mol. The van der Waals surface area contributed by atoms with Gasteiger partial charge in [-0.15, -0.1) is 0 Å². The van der Waals surface area contributed by atoms with Gasteiger partial charge in [0.05, 0.1) is 11.9 Å². The highest BCUT2D eigenvalue weighted by atomic mass is 32.2. The van der Waals surface area contributed by atoms with E-state index >= 15 is 0 Å². The van der Waals surface area contributed by atoms with Crippen molar-refractivity contribution in [1.29, 1.82) is 0 Å². The summed E-state index contributed by atoms with van der Waals surface area (Å²) in [4.78, 5) is 12.3. The molecule has 0 radical (unpaired) electrons. The summed E-state index contributed by atoms with van der Waals surface area (Å²) in [6.07, 6.45) is 1.08. The molecule has 0 bridgehead atoms. The van der Waals surface area contributed by atoms with E-state index < -0.39 is 10.0 Å². The van der Waals surface area contributed by atoms with E-state index in [1.54, 1.807) is 42.5 Å². The fraction of sp³-hybridized carbons (Fsp3) is 0.188. The third-order valence-electron chi connectivity index (χ3n) is 3.39. The second kappa shape index (κ2) is 6.40. The second-order valence-corrected chi connectivity index (χ2v) is 7.03. The van der Waals surface area contributed by atoms with Crippen molar-refractivity contribution in [2.45, 2.75) is 6.54 Å². The van der Waals surface area contributed by atoms with Gasteiger partial charge in [-0.25, -0.2) is 8.42 Å². The van der Waals surface area contributed by atoms with Crippen LogP contribution in [0.2, 0.25) is 0 Å². The van der Waals surface area contributed by atoms with Crippen LogP contribution in [-0.4, -0.2) is 27.4 Å². The number of sulfonamides is 1. The van der Waals surface area contributed by atoms with Crippen LogP contribution >= 0.6 is 0 Å². The highest BCUT2D eigenvalue weighted by molar-refractivity contribution is 7.92. The first-order valence-electron chi connectivity index (χ1n) is 7.16. The number of ether oxygens (including phenoxy) is 2. The van der Waals surface area contributed by atoms with Gasteiger partial charge in [-0.3, -0.25) is 9.52 Å². The van der Waals surface area contributed by atoms with E-state index in [0.29, 0.717) is 28.3 Å². The molecule has 126 valence electrons. The Morgan fingerprint density at radius 1 is 1.12 bits per heavy atom. The fourth-order valence-corrected chi connectivity index (χ4v) is 2.89. The quantitative estimate of drug-likeness (QED) is 0.858. The molecule has 0 saturated carbocycles. The van der Waals surface area contributed by atoms with Crippen LogP contribution in [-0.2, 0) is 16.6 Å². The SMILES string of the molecule is CS(=O)(=O)Nc1ccccc1CNC(=O)c1ccc2c(c1)OCO2. The Balaban J connectivity index is 1.71. The minimum Gasteiger partial charge on any atom is -0.454 e. The average Bonchev–Trinajstić information content (AvgIpc) is 2.99. The molecule has 0 spiro atoms. The van der Waals surface area contributed by atoms with Crippen LogP contribution in [0.15, 0.2) is 42.5 Å². The molecular formula is C16H16N2O5S. The number of carbonyl (C=O) groups excluding carboxylic acids is 1. The van der Waals surface area contributed by atoms with Crippen LogP contribution in [0.25, 0.3) is 0 Å². The maximum atomic E-state index is 12.3. The maximum absolute atomic E-state index is 12.3. The van der Waals surface area contributed by atoms with Gasteiger partial charge < -0.3 is 14.8 Å². The standard InChI is InChI=1S/C16H16N2O5S/c1-24(20,21)18-13-5-3-2-4-12(13)9-17-16(19)11-6-7-14-15(8-11)23-10-22-14/h2-8,18H,9-10H2,1H3,(H,17,19). The minimum absolute atomic E-state index is 0.144. The molecule has 24 heavy (non-hydrogen) atoms. The van der Waals surface area contributed by atoms with E-state index in [-0.39, 0.29) is 19.2 Å². The van der Waals surface area contributed by atoms with Gasteiger partial charge in [0.15, 0.2) is 11.5 Å². The maximum Gasteiger partial charge on any atom is 0.251 e. The smallest absolute Gasteiger partial charge is 0.251 e. The molecule has 0 atom stereocenters. The van der Waals surface area contributed by atoms with E-state index in [1.165, 1.54) is 0 Å². The second-order valence-electron chi connectivity index (χ2n) is 5.28. The van der Waals surface area contributed by atoms with Gasteiger partial charge in [-0.05, 0) is 29.8 Å². The van der Waals surface area contributed by atoms with Crippen LogP contribution in [0, 0.1) is 0 Å². The van der Waals surface area contributed by atoms with Gasteiger partial charge in [0.25, 0.3) is 5.91 Å².